The molecule has 0 aromatic heterocycles. The zero-order chi connectivity index (χ0) is 12.9. The Hall–Kier alpha value is -1.22. The molecular weight excluding hydrogens is 224 g/mol. The molecule has 2 atom stereocenters. The lowest BCUT2D eigenvalue weighted by atomic mass is 9.81. The van der Waals surface area contributed by atoms with E-state index in [-0.39, 0.29) is 5.41 Å². The number of hydrogen-bond donors (Lipinski definition) is 0. The van der Waals surface area contributed by atoms with Gasteiger partial charge in [0.15, 0.2) is 0 Å². The zero-order valence-corrected chi connectivity index (χ0v) is 11.7. The van der Waals surface area contributed by atoms with Crippen molar-refractivity contribution in [3.63, 3.8) is 0 Å². The van der Waals surface area contributed by atoms with Crippen molar-refractivity contribution in [3.05, 3.63) is 23.8 Å². The summed E-state index contributed by atoms with van der Waals surface area (Å²) in [6.07, 6.45) is 1.71. The lowest BCUT2D eigenvalue weighted by Gasteiger charge is -2.32. The van der Waals surface area contributed by atoms with Crippen LogP contribution in [0.3, 0.4) is 0 Å². The third-order valence-corrected chi connectivity index (χ3v) is 4.61. The molecule has 1 aromatic carbocycles. The molecule has 0 spiro atoms. The quantitative estimate of drug-likeness (QED) is 0.797. The van der Waals surface area contributed by atoms with Crippen LogP contribution in [-0.4, -0.2) is 38.3 Å². The van der Waals surface area contributed by atoms with Crippen LogP contribution in [0, 0.1) is 0 Å². The first-order valence-electron chi connectivity index (χ1n) is 6.78. The number of hydrogen-bond acceptors (Lipinski definition) is 3. The Morgan fingerprint density at radius 2 is 2.17 bits per heavy atom. The van der Waals surface area contributed by atoms with Crippen molar-refractivity contribution < 1.29 is 4.74 Å². The maximum Gasteiger partial charge on any atom is 0.119 e. The molecule has 1 fully saturated rings. The normalized spacial score (nSPS) is 30.4. The molecule has 3 nitrogen and oxygen atoms in total. The first-order valence-corrected chi connectivity index (χ1v) is 6.78. The summed E-state index contributed by atoms with van der Waals surface area (Å²) in [6, 6.07) is 6.54. The number of benzene rings is 1. The van der Waals surface area contributed by atoms with E-state index in [1.165, 1.54) is 24.2 Å². The van der Waals surface area contributed by atoms with Crippen molar-refractivity contribution in [1.82, 2.24) is 4.90 Å². The van der Waals surface area contributed by atoms with Gasteiger partial charge in [-0.05, 0) is 44.2 Å². The second-order valence-electron chi connectivity index (χ2n) is 5.74. The summed E-state index contributed by atoms with van der Waals surface area (Å²) in [5.74, 6) is 1.00. The molecule has 3 heteroatoms. The lowest BCUT2D eigenvalue weighted by Crippen LogP contribution is -2.45. The van der Waals surface area contributed by atoms with Crippen LogP contribution in [0.2, 0.25) is 0 Å². The first-order chi connectivity index (χ1) is 8.58. The fourth-order valence-corrected chi connectivity index (χ4v) is 3.81. The van der Waals surface area contributed by atoms with Gasteiger partial charge in [-0.15, -0.1) is 0 Å². The highest BCUT2D eigenvalue weighted by Crippen LogP contribution is 2.51. The Morgan fingerprint density at radius 3 is 2.89 bits per heavy atom. The summed E-state index contributed by atoms with van der Waals surface area (Å²) in [7, 11) is 4.43. The molecule has 3 rings (SSSR count). The molecular formula is C15H22N2O. The highest BCUT2D eigenvalue weighted by atomic mass is 16.5. The number of anilines is 1. The van der Waals surface area contributed by atoms with E-state index < -0.39 is 0 Å². The van der Waals surface area contributed by atoms with E-state index in [0.29, 0.717) is 6.17 Å². The summed E-state index contributed by atoms with van der Waals surface area (Å²) in [4.78, 5) is 4.87. The smallest absolute Gasteiger partial charge is 0.119 e. The van der Waals surface area contributed by atoms with Crippen molar-refractivity contribution in [2.75, 3.05) is 32.1 Å². The minimum absolute atomic E-state index is 0.242. The highest BCUT2D eigenvalue weighted by Gasteiger charge is 2.52. The molecule has 2 aliphatic heterocycles. The number of nitrogens with zero attached hydrogens (tertiary/aromatic N) is 2. The standard InChI is InChI=1S/C15H22N2O/c1-5-18-11-6-7-13-12(10-11)15(2)8-9-16(3)14(15)17(13)4/h6-7,10,14H,5,8-9H2,1-4H3/t14-,15+/m1/s1. The molecule has 2 aliphatic rings. The number of ether oxygens (including phenoxy) is 1. The topological polar surface area (TPSA) is 15.7 Å². The Bertz CT molecular complexity index is 474. The maximum atomic E-state index is 5.65. The Labute approximate surface area is 109 Å². The van der Waals surface area contributed by atoms with Gasteiger partial charge in [0, 0.05) is 24.7 Å². The zero-order valence-electron chi connectivity index (χ0n) is 11.7. The summed E-state index contributed by atoms with van der Waals surface area (Å²) in [5.41, 5.74) is 3.05. The van der Waals surface area contributed by atoms with Crippen LogP contribution >= 0.6 is 0 Å². The Balaban J connectivity index is 2.08. The molecule has 0 bridgehead atoms. The molecule has 0 aliphatic carbocycles. The van der Waals surface area contributed by atoms with Crippen LogP contribution in [0.15, 0.2) is 18.2 Å². The van der Waals surface area contributed by atoms with E-state index >= 15 is 0 Å². The van der Waals surface area contributed by atoms with Gasteiger partial charge in [0.25, 0.3) is 0 Å². The van der Waals surface area contributed by atoms with Crippen LogP contribution in [0.1, 0.15) is 25.8 Å². The second kappa shape index (κ2) is 3.89. The largest absolute Gasteiger partial charge is 0.494 e. The van der Waals surface area contributed by atoms with E-state index in [1.807, 2.05) is 6.92 Å². The molecule has 0 radical (unpaired) electrons. The number of rotatable bonds is 2. The van der Waals surface area contributed by atoms with Crippen LogP contribution in [0.25, 0.3) is 0 Å². The van der Waals surface area contributed by atoms with Crippen LogP contribution < -0.4 is 9.64 Å². The summed E-state index contributed by atoms with van der Waals surface area (Å²) in [5, 5.41) is 0. The van der Waals surface area contributed by atoms with Crippen molar-refractivity contribution in [1.29, 1.82) is 0 Å². The molecule has 18 heavy (non-hydrogen) atoms. The van der Waals surface area contributed by atoms with Gasteiger partial charge in [-0.2, -0.15) is 0 Å². The van der Waals surface area contributed by atoms with Crippen molar-refractivity contribution >= 4 is 5.69 Å². The predicted octanol–water partition coefficient (Wildman–Crippen LogP) is 2.45. The van der Waals surface area contributed by atoms with Gasteiger partial charge in [-0.3, -0.25) is 4.90 Å². The second-order valence-corrected chi connectivity index (χ2v) is 5.74. The molecule has 1 aromatic rings. The van der Waals surface area contributed by atoms with Gasteiger partial charge in [0.05, 0.1) is 12.8 Å². The molecule has 0 amide bonds. The van der Waals surface area contributed by atoms with Crippen molar-refractivity contribution in [2.24, 2.45) is 0 Å². The molecule has 0 saturated carbocycles. The SMILES string of the molecule is CCOc1ccc2c(c1)[C@]1(C)CCN(C)[C@@H]1N2C. The van der Waals surface area contributed by atoms with Gasteiger partial charge < -0.3 is 9.64 Å². The maximum absolute atomic E-state index is 5.65. The predicted molar refractivity (Wildman–Crippen MR) is 74.4 cm³/mol. The number of likely N-dealkylation sites (tertiary alicyclic amines) is 1. The van der Waals surface area contributed by atoms with Gasteiger partial charge in [0.1, 0.15) is 5.75 Å². The van der Waals surface area contributed by atoms with E-state index in [4.69, 9.17) is 4.74 Å². The summed E-state index contributed by atoms with van der Waals surface area (Å²) < 4.78 is 5.65. The lowest BCUT2D eigenvalue weighted by molar-refractivity contribution is 0.268. The summed E-state index contributed by atoms with van der Waals surface area (Å²) >= 11 is 0. The fraction of sp³-hybridized carbons (Fsp3) is 0.600. The first kappa shape index (κ1) is 11.8. The van der Waals surface area contributed by atoms with Gasteiger partial charge in [-0.1, -0.05) is 6.92 Å². The third kappa shape index (κ3) is 1.40. The van der Waals surface area contributed by atoms with Crippen LogP contribution in [0.4, 0.5) is 5.69 Å². The monoisotopic (exact) mass is 246 g/mol. The van der Waals surface area contributed by atoms with Crippen LogP contribution in [-0.2, 0) is 5.41 Å². The minimum Gasteiger partial charge on any atom is -0.494 e. The molecule has 2 heterocycles. The van der Waals surface area contributed by atoms with Gasteiger partial charge in [-0.25, -0.2) is 0 Å². The average Bonchev–Trinajstić information content (AvgIpc) is 2.76. The average molecular weight is 246 g/mol. The molecule has 0 unspecified atom stereocenters. The van der Waals surface area contributed by atoms with E-state index in [2.05, 4.69) is 49.0 Å². The minimum atomic E-state index is 0.242. The van der Waals surface area contributed by atoms with E-state index in [0.717, 1.165) is 12.4 Å². The number of fused-ring (bicyclic) bond motifs is 3. The Morgan fingerprint density at radius 1 is 1.39 bits per heavy atom. The molecule has 1 saturated heterocycles. The van der Waals surface area contributed by atoms with Gasteiger partial charge >= 0.3 is 0 Å². The number of likely N-dealkylation sites (N-methyl/N-ethyl adjacent to an activating group) is 2. The molecule has 98 valence electrons. The fourth-order valence-electron chi connectivity index (χ4n) is 3.81. The van der Waals surface area contributed by atoms with E-state index in [1.54, 1.807) is 0 Å². The van der Waals surface area contributed by atoms with E-state index in [9.17, 15) is 0 Å². The van der Waals surface area contributed by atoms with Crippen molar-refractivity contribution in [2.45, 2.75) is 31.8 Å². The summed E-state index contributed by atoms with van der Waals surface area (Å²) in [6.45, 7) is 6.32. The molecule has 0 N–H and O–H groups in total. The highest BCUT2D eigenvalue weighted by molar-refractivity contribution is 5.66. The van der Waals surface area contributed by atoms with Crippen molar-refractivity contribution in [3.8, 4) is 5.75 Å². The van der Waals surface area contributed by atoms with Crippen LogP contribution in [0.5, 0.6) is 5.75 Å². The third-order valence-electron chi connectivity index (χ3n) is 4.61. The van der Waals surface area contributed by atoms with Gasteiger partial charge in [0.2, 0.25) is 0 Å². The Kier molecular flexibility index (Phi) is 2.56.